The third-order valence-corrected chi connectivity index (χ3v) is 4.09. The van der Waals surface area contributed by atoms with E-state index in [-0.39, 0.29) is 17.2 Å². The van der Waals surface area contributed by atoms with Crippen LogP contribution >= 0.6 is 15.9 Å². The van der Waals surface area contributed by atoms with Crippen molar-refractivity contribution in [3.05, 3.63) is 35.4 Å². The Hall–Kier alpha value is -0.830. The van der Waals surface area contributed by atoms with E-state index in [1.165, 1.54) is 5.56 Å². The van der Waals surface area contributed by atoms with Gasteiger partial charge in [-0.15, -0.1) is 0 Å². The maximum absolute atomic E-state index is 11.8. The van der Waals surface area contributed by atoms with Crippen molar-refractivity contribution in [2.45, 2.75) is 32.1 Å². The quantitative estimate of drug-likeness (QED) is 0.849. The summed E-state index contributed by atoms with van der Waals surface area (Å²) in [7, 11) is 0. The van der Waals surface area contributed by atoms with Gasteiger partial charge >= 0.3 is 0 Å². The number of benzene rings is 1. The van der Waals surface area contributed by atoms with E-state index in [0.717, 1.165) is 17.3 Å². The minimum atomic E-state index is 0.194. The van der Waals surface area contributed by atoms with Crippen LogP contribution < -0.4 is 5.32 Å². The van der Waals surface area contributed by atoms with E-state index >= 15 is 0 Å². The van der Waals surface area contributed by atoms with Gasteiger partial charge in [0, 0.05) is 17.8 Å². The first kappa shape index (κ1) is 12.6. The summed E-state index contributed by atoms with van der Waals surface area (Å²) in [6, 6.07) is 8.26. The molecule has 1 aliphatic rings. The molecule has 1 aromatic rings. The molecule has 3 heteroatoms. The van der Waals surface area contributed by atoms with Crippen LogP contribution in [0.3, 0.4) is 0 Å². The molecule has 1 aliphatic carbocycles. The maximum atomic E-state index is 11.8. The second kappa shape index (κ2) is 4.81. The molecule has 1 fully saturated rings. The van der Waals surface area contributed by atoms with E-state index in [0.29, 0.717) is 6.54 Å². The second-order valence-corrected chi connectivity index (χ2v) is 5.98. The summed E-state index contributed by atoms with van der Waals surface area (Å²) in [5, 5.41) is 3.87. The van der Waals surface area contributed by atoms with Gasteiger partial charge in [-0.2, -0.15) is 0 Å². The SMILES string of the molecule is CC1(C)CC1C(=O)NCc1cccc(CBr)c1. The minimum Gasteiger partial charge on any atom is -0.352 e. The molecule has 0 radical (unpaired) electrons. The molecule has 17 heavy (non-hydrogen) atoms. The number of amides is 1. The summed E-state index contributed by atoms with van der Waals surface area (Å²) >= 11 is 3.43. The lowest BCUT2D eigenvalue weighted by Crippen LogP contribution is -2.26. The fraction of sp³-hybridized carbons (Fsp3) is 0.500. The van der Waals surface area contributed by atoms with Crippen LogP contribution in [0.4, 0.5) is 0 Å². The van der Waals surface area contributed by atoms with Crippen molar-refractivity contribution in [2.75, 3.05) is 0 Å². The minimum absolute atomic E-state index is 0.194. The number of carbonyl (C=O) groups excluding carboxylic acids is 1. The zero-order valence-electron chi connectivity index (χ0n) is 10.3. The lowest BCUT2D eigenvalue weighted by molar-refractivity contribution is -0.123. The molecule has 92 valence electrons. The normalized spacial score (nSPS) is 21.0. The number of alkyl halides is 1. The Morgan fingerprint density at radius 1 is 1.47 bits per heavy atom. The molecule has 0 saturated heterocycles. The Labute approximate surface area is 111 Å². The van der Waals surface area contributed by atoms with Crippen molar-refractivity contribution in [3.63, 3.8) is 0 Å². The topological polar surface area (TPSA) is 29.1 Å². The molecule has 0 spiro atoms. The van der Waals surface area contributed by atoms with Crippen molar-refractivity contribution in [3.8, 4) is 0 Å². The summed E-state index contributed by atoms with van der Waals surface area (Å²) in [5.74, 6) is 0.404. The number of rotatable bonds is 4. The third-order valence-electron chi connectivity index (χ3n) is 3.44. The molecule has 0 aliphatic heterocycles. The molecule has 1 N–H and O–H groups in total. The highest BCUT2D eigenvalue weighted by atomic mass is 79.9. The number of hydrogen-bond acceptors (Lipinski definition) is 1. The average molecular weight is 296 g/mol. The number of nitrogens with one attached hydrogen (secondary N) is 1. The predicted octanol–water partition coefficient (Wildman–Crippen LogP) is 3.24. The summed E-state index contributed by atoms with van der Waals surface area (Å²) in [6.45, 7) is 4.91. The van der Waals surface area contributed by atoms with E-state index in [4.69, 9.17) is 0 Å². The first-order valence-corrected chi connectivity index (χ1v) is 7.06. The van der Waals surface area contributed by atoms with Crippen LogP contribution in [0.25, 0.3) is 0 Å². The molecule has 1 atom stereocenters. The monoisotopic (exact) mass is 295 g/mol. The molecule has 1 unspecified atom stereocenters. The van der Waals surface area contributed by atoms with Crippen LogP contribution in [0.15, 0.2) is 24.3 Å². The molecule has 0 bridgehead atoms. The second-order valence-electron chi connectivity index (χ2n) is 5.42. The smallest absolute Gasteiger partial charge is 0.223 e. The standard InChI is InChI=1S/C14H18BrNO/c1-14(2)7-12(14)13(17)16-9-11-5-3-4-10(6-11)8-15/h3-6,12H,7-9H2,1-2H3,(H,16,17). The summed E-state index contributed by atoms with van der Waals surface area (Å²) in [4.78, 5) is 11.8. The fourth-order valence-electron chi connectivity index (χ4n) is 2.05. The van der Waals surface area contributed by atoms with E-state index < -0.39 is 0 Å². The van der Waals surface area contributed by atoms with Gasteiger partial charge in [0.25, 0.3) is 0 Å². The van der Waals surface area contributed by atoms with Gasteiger partial charge < -0.3 is 5.32 Å². The number of halogens is 1. The Morgan fingerprint density at radius 2 is 2.12 bits per heavy atom. The first-order chi connectivity index (χ1) is 8.03. The first-order valence-electron chi connectivity index (χ1n) is 5.94. The van der Waals surface area contributed by atoms with Crippen molar-refractivity contribution in [2.24, 2.45) is 11.3 Å². The van der Waals surface area contributed by atoms with Gasteiger partial charge in [0.15, 0.2) is 0 Å². The summed E-state index contributed by atoms with van der Waals surface area (Å²) in [5.41, 5.74) is 2.61. The molecule has 1 aromatic carbocycles. The summed E-state index contributed by atoms with van der Waals surface area (Å²) < 4.78 is 0. The van der Waals surface area contributed by atoms with Crippen molar-refractivity contribution in [1.29, 1.82) is 0 Å². The van der Waals surface area contributed by atoms with Crippen molar-refractivity contribution < 1.29 is 4.79 Å². The Balaban J connectivity index is 1.87. The van der Waals surface area contributed by atoms with Gasteiger partial charge in [-0.3, -0.25) is 4.79 Å². The van der Waals surface area contributed by atoms with Crippen LogP contribution in [0.1, 0.15) is 31.4 Å². The van der Waals surface area contributed by atoms with Crippen LogP contribution in [0.2, 0.25) is 0 Å². The largest absolute Gasteiger partial charge is 0.352 e. The zero-order chi connectivity index (χ0) is 12.5. The molecular formula is C14H18BrNO. The van der Waals surface area contributed by atoms with E-state index in [2.05, 4.69) is 47.2 Å². The molecule has 1 amide bonds. The summed E-state index contributed by atoms with van der Waals surface area (Å²) in [6.07, 6.45) is 1.01. The van der Waals surface area contributed by atoms with Crippen molar-refractivity contribution in [1.82, 2.24) is 5.32 Å². The molecule has 2 rings (SSSR count). The molecule has 0 aromatic heterocycles. The van der Waals surface area contributed by atoms with Gasteiger partial charge in [-0.05, 0) is 23.0 Å². The lowest BCUT2D eigenvalue weighted by atomic mass is 10.1. The third kappa shape index (κ3) is 3.09. The van der Waals surface area contributed by atoms with Gasteiger partial charge in [0.1, 0.15) is 0 Å². The van der Waals surface area contributed by atoms with E-state index in [1.807, 2.05) is 12.1 Å². The van der Waals surface area contributed by atoms with Crippen LogP contribution in [-0.2, 0) is 16.7 Å². The Morgan fingerprint density at radius 3 is 2.71 bits per heavy atom. The van der Waals surface area contributed by atoms with Crippen LogP contribution in [-0.4, -0.2) is 5.91 Å². The highest BCUT2D eigenvalue weighted by Crippen LogP contribution is 2.51. The van der Waals surface area contributed by atoms with Gasteiger partial charge in [0.05, 0.1) is 0 Å². The highest BCUT2D eigenvalue weighted by Gasteiger charge is 2.50. The zero-order valence-corrected chi connectivity index (χ0v) is 11.9. The lowest BCUT2D eigenvalue weighted by Gasteiger charge is -2.07. The van der Waals surface area contributed by atoms with Crippen LogP contribution in [0.5, 0.6) is 0 Å². The van der Waals surface area contributed by atoms with Gasteiger partial charge in [-0.1, -0.05) is 54.0 Å². The fourth-order valence-corrected chi connectivity index (χ4v) is 2.40. The number of carbonyl (C=O) groups is 1. The van der Waals surface area contributed by atoms with Gasteiger partial charge in [0.2, 0.25) is 5.91 Å². The van der Waals surface area contributed by atoms with Crippen molar-refractivity contribution >= 4 is 21.8 Å². The van der Waals surface area contributed by atoms with E-state index in [1.54, 1.807) is 0 Å². The number of hydrogen-bond donors (Lipinski definition) is 1. The predicted molar refractivity (Wildman–Crippen MR) is 72.8 cm³/mol. The van der Waals surface area contributed by atoms with E-state index in [9.17, 15) is 4.79 Å². The highest BCUT2D eigenvalue weighted by molar-refractivity contribution is 9.08. The maximum Gasteiger partial charge on any atom is 0.223 e. The Bertz CT molecular complexity index is 428. The Kier molecular flexibility index (Phi) is 3.57. The van der Waals surface area contributed by atoms with Crippen LogP contribution in [0, 0.1) is 11.3 Å². The molecular weight excluding hydrogens is 278 g/mol. The molecule has 1 saturated carbocycles. The average Bonchev–Trinajstić information content (AvgIpc) is 2.96. The molecule has 0 heterocycles. The molecule has 2 nitrogen and oxygen atoms in total. The van der Waals surface area contributed by atoms with Gasteiger partial charge in [-0.25, -0.2) is 0 Å².